The van der Waals surface area contributed by atoms with Crippen LogP contribution >= 0.6 is 0 Å². The summed E-state index contributed by atoms with van der Waals surface area (Å²) in [4.78, 5) is 17.7. The Morgan fingerprint density at radius 2 is 1.91 bits per heavy atom. The van der Waals surface area contributed by atoms with Gasteiger partial charge in [-0.3, -0.25) is 9.79 Å². The molecule has 0 spiro atoms. The van der Waals surface area contributed by atoms with E-state index in [2.05, 4.69) is 59.6 Å². The number of benzene rings is 4. The smallest absolute Gasteiger partial charge is 0.192 e. The molecule has 9 rings (SSSR count). The lowest BCUT2D eigenvalue weighted by molar-refractivity contribution is -0.121. The van der Waals surface area contributed by atoms with Crippen molar-refractivity contribution in [3.8, 4) is 29.3 Å². The minimum atomic E-state index is -0.483. The average molecular weight is 782 g/mol. The highest BCUT2D eigenvalue weighted by molar-refractivity contribution is 5.95. The van der Waals surface area contributed by atoms with Gasteiger partial charge in [-0.25, -0.2) is 0 Å². The Balaban J connectivity index is 1.13. The van der Waals surface area contributed by atoms with E-state index in [0.717, 1.165) is 83.7 Å². The number of anilines is 1. The number of aliphatic imine (C=N–C) groups is 1. The van der Waals surface area contributed by atoms with Crippen molar-refractivity contribution in [1.29, 1.82) is 0 Å². The van der Waals surface area contributed by atoms with Gasteiger partial charge >= 0.3 is 0 Å². The Morgan fingerprint density at radius 3 is 2.74 bits per heavy atom. The lowest BCUT2D eigenvalue weighted by Gasteiger charge is -2.28. The normalized spacial score (nSPS) is 20.6. The van der Waals surface area contributed by atoms with E-state index >= 15 is 0 Å². The van der Waals surface area contributed by atoms with E-state index in [1.807, 2.05) is 42.5 Å². The topological polar surface area (TPSA) is 136 Å². The molecule has 0 saturated heterocycles. The van der Waals surface area contributed by atoms with Crippen molar-refractivity contribution in [2.75, 3.05) is 19.5 Å². The number of nitrogens with one attached hydrogen (secondary N) is 1. The number of aromatic hydroxyl groups is 1. The number of hydrogen-bond acceptors (Lipinski definition) is 7. The average Bonchev–Trinajstić information content (AvgIpc) is 3.22. The molecule has 4 aromatic rings. The third kappa shape index (κ3) is 9.62. The number of phenolic OH excluding ortho intramolecular Hbond substituents is 1. The van der Waals surface area contributed by atoms with Gasteiger partial charge in [0.15, 0.2) is 17.5 Å². The number of nitrogens with two attached hydrogens (primary N) is 1. The molecule has 58 heavy (non-hydrogen) atoms. The van der Waals surface area contributed by atoms with Crippen LogP contribution < -0.4 is 20.5 Å². The Hall–Kier alpha value is -5.88. The molecule has 0 radical (unpaired) electrons. The largest absolute Gasteiger partial charge is 0.508 e. The van der Waals surface area contributed by atoms with Crippen LogP contribution in [0.2, 0.25) is 0 Å². The molecule has 3 aliphatic heterocycles. The van der Waals surface area contributed by atoms with Gasteiger partial charge in [-0.05, 0) is 150 Å². The minimum Gasteiger partial charge on any atom is -0.508 e. The molecule has 5 aliphatic rings. The molecule has 3 heterocycles. The first-order valence-corrected chi connectivity index (χ1v) is 20.7. The third-order valence-corrected chi connectivity index (χ3v) is 11.8. The summed E-state index contributed by atoms with van der Waals surface area (Å²) in [6, 6.07) is 20.3. The van der Waals surface area contributed by atoms with Crippen LogP contribution in [0.3, 0.4) is 0 Å². The first kappa shape index (κ1) is 40.3. The number of rotatable bonds is 10. The monoisotopic (exact) mass is 781 g/mol. The lowest BCUT2D eigenvalue weighted by Crippen LogP contribution is -2.24. The second kappa shape index (κ2) is 18.6. The van der Waals surface area contributed by atoms with Gasteiger partial charge in [-0.2, -0.15) is 0 Å². The number of guanidine groups is 1. The molecule has 8 bridgehead atoms. The molecule has 9 heteroatoms. The highest BCUT2D eigenvalue weighted by Gasteiger charge is 2.29. The summed E-state index contributed by atoms with van der Waals surface area (Å²) in [7, 11) is 3.29. The summed E-state index contributed by atoms with van der Waals surface area (Å²) in [6.07, 6.45) is 16.1. The number of nitrogens with zero attached hydrogens (tertiary/aromatic N) is 1. The van der Waals surface area contributed by atoms with Crippen molar-refractivity contribution in [2.24, 2.45) is 22.6 Å². The number of hydrogen-bond donors (Lipinski definition) is 4. The molecule has 2 aliphatic carbocycles. The highest BCUT2D eigenvalue weighted by Crippen LogP contribution is 2.44. The zero-order chi connectivity index (χ0) is 40.6. The van der Waals surface area contributed by atoms with Crippen molar-refractivity contribution >= 4 is 28.2 Å². The van der Waals surface area contributed by atoms with Gasteiger partial charge in [0.2, 0.25) is 0 Å². The van der Waals surface area contributed by atoms with Gasteiger partial charge in [0.1, 0.15) is 36.1 Å². The van der Waals surface area contributed by atoms with Gasteiger partial charge in [-0.15, -0.1) is 0 Å². The number of ketones is 1. The van der Waals surface area contributed by atoms with Crippen molar-refractivity contribution in [1.82, 2.24) is 0 Å². The van der Waals surface area contributed by atoms with Crippen molar-refractivity contribution in [3.05, 3.63) is 118 Å². The summed E-state index contributed by atoms with van der Waals surface area (Å²) < 4.78 is 18.4. The quantitative estimate of drug-likeness (QED) is 0.0541. The number of ether oxygens (including phenoxy) is 3. The predicted molar refractivity (Wildman–Crippen MR) is 231 cm³/mol. The second-order valence-corrected chi connectivity index (χ2v) is 15.8. The summed E-state index contributed by atoms with van der Waals surface area (Å²) in [5.41, 5.74) is 13.1. The zero-order valence-corrected chi connectivity index (χ0v) is 33.9. The van der Waals surface area contributed by atoms with Crippen LogP contribution in [0, 0.1) is 23.9 Å². The van der Waals surface area contributed by atoms with E-state index in [1.165, 1.54) is 11.1 Å². The fourth-order valence-electron chi connectivity index (χ4n) is 8.79. The van der Waals surface area contributed by atoms with E-state index in [9.17, 15) is 15.0 Å². The maximum Gasteiger partial charge on any atom is 0.192 e. The Labute approximate surface area is 342 Å². The van der Waals surface area contributed by atoms with Crippen LogP contribution in [0.4, 0.5) is 5.69 Å². The van der Waals surface area contributed by atoms with Crippen LogP contribution in [-0.2, 0) is 41.8 Å². The summed E-state index contributed by atoms with van der Waals surface area (Å²) in [5, 5.41) is 27.4. The van der Waals surface area contributed by atoms with Crippen LogP contribution in [0.15, 0.2) is 89.6 Å². The van der Waals surface area contributed by atoms with Gasteiger partial charge in [0, 0.05) is 31.1 Å². The molecule has 9 nitrogen and oxygen atoms in total. The number of fused-ring (bicyclic) bond motifs is 1. The molecule has 4 atom stereocenters. The molecule has 0 unspecified atom stereocenters. The van der Waals surface area contributed by atoms with E-state index in [4.69, 9.17) is 19.9 Å². The molecule has 5 N–H and O–H groups in total. The fraction of sp³-hybridized carbons (Fsp3) is 0.388. The van der Waals surface area contributed by atoms with Gasteiger partial charge in [-0.1, -0.05) is 49.6 Å². The van der Waals surface area contributed by atoms with Gasteiger partial charge in [0.25, 0.3) is 0 Å². The van der Waals surface area contributed by atoms with Gasteiger partial charge in [0.05, 0.1) is 13.0 Å². The Bertz CT molecular complexity index is 2300. The Kier molecular flexibility index (Phi) is 12.9. The number of aliphatic hydroxyl groups excluding tert-OH is 1. The van der Waals surface area contributed by atoms with Crippen molar-refractivity contribution < 1.29 is 29.2 Å². The van der Waals surface area contributed by atoms with E-state index in [-0.39, 0.29) is 41.5 Å². The maximum absolute atomic E-state index is 13.7. The van der Waals surface area contributed by atoms with Crippen LogP contribution in [-0.4, -0.2) is 42.2 Å². The number of unbranched alkanes of at least 4 members (excludes halogenated alkanes) is 1. The first-order chi connectivity index (χ1) is 28.2. The first-order valence-electron chi connectivity index (χ1n) is 20.7. The molecule has 302 valence electrons. The number of allylic oxidation sites excluding steroid dienone is 3. The zero-order valence-electron chi connectivity index (χ0n) is 33.9. The van der Waals surface area contributed by atoms with E-state index in [0.29, 0.717) is 43.3 Å². The summed E-state index contributed by atoms with van der Waals surface area (Å²) >= 11 is 0. The fourth-order valence-corrected chi connectivity index (χ4v) is 8.79. The number of phenols is 1. The molecule has 0 fully saturated rings. The van der Waals surface area contributed by atoms with Crippen LogP contribution in [0.25, 0.3) is 10.8 Å². The van der Waals surface area contributed by atoms with Crippen molar-refractivity contribution in [3.63, 3.8) is 0 Å². The van der Waals surface area contributed by atoms with Gasteiger partial charge < -0.3 is 35.5 Å². The number of methoxy groups -OCH3 is 1. The Morgan fingerprint density at radius 1 is 1.03 bits per heavy atom. The third-order valence-electron chi connectivity index (χ3n) is 11.8. The van der Waals surface area contributed by atoms with Crippen LogP contribution in [0.1, 0.15) is 91.2 Å². The second-order valence-electron chi connectivity index (χ2n) is 15.8. The molecular weight excluding hydrogens is 727 g/mol. The maximum atomic E-state index is 13.7. The standard InChI is InChI=1S/C49H55N3O6/c1-4-34-28-44(55)48-36-14-15-37-22-33(24-43(34)47(37)48)30-58-46-25-32(13-19-45(46)56-3)12-17-41(54)29-42(57-21-20-36)27-38-26-40(53)18-16-35(38)10-6-5-8-31-9-7-11-39(23-31)52-49(50)51-2/h7,9,11,13,16,18-19,22-26,28,35-36,38,42,53,55H,4-6,8,10,12,14-15,17,27,29-30H2,1-3H3,(H3,50,51,52)/t35-,36+,38+,42-/m0/s1. The number of carbonyl (C=O) groups is 1. The minimum absolute atomic E-state index is 0.0302. The van der Waals surface area contributed by atoms with E-state index < -0.39 is 6.10 Å². The highest BCUT2D eigenvalue weighted by atomic mass is 16.5. The number of aliphatic hydroxyl groups is 1. The SMILES string of the molecule is CCc1cc(O)c2c3c4cc(cc13)COc1cc(ccc1OC)CCC(=O)C[C@H](C[C@H]1C=C(O)C=C[C@@H]1CCCCc1cccc(NC(N)=NC)c1)OC#C[C@H]2CC4. The number of carbonyl (C=O) groups excluding carboxylic acids is 1. The van der Waals surface area contributed by atoms with Crippen molar-refractivity contribution in [2.45, 2.75) is 96.2 Å². The number of Topliss-reactive ketones (excluding diaryl/α,β-unsaturated/α-hetero) is 1. The summed E-state index contributed by atoms with van der Waals surface area (Å²) in [5.74, 6) is 5.50. The molecule has 4 aromatic carbocycles. The number of aryl methyl sites for hydroxylation is 4. The predicted octanol–water partition coefficient (Wildman–Crippen LogP) is 9.38. The van der Waals surface area contributed by atoms with E-state index in [1.54, 1.807) is 20.2 Å². The lowest BCUT2D eigenvalue weighted by atomic mass is 9.79. The van der Waals surface area contributed by atoms with Crippen LogP contribution in [0.5, 0.6) is 17.2 Å². The molecular formula is C49H55N3O6. The molecule has 0 saturated carbocycles. The summed E-state index contributed by atoms with van der Waals surface area (Å²) in [6.45, 7) is 2.46. The molecule has 0 aromatic heterocycles. The molecule has 0 amide bonds.